The number of nitrogens with one attached hydrogen (secondary N) is 1. The number of furan rings is 1. The quantitative estimate of drug-likeness (QED) is 0.836. The highest BCUT2D eigenvalue weighted by Crippen LogP contribution is 2.37. The molecule has 0 radical (unpaired) electrons. The van der Waals surface area contributed by atoms with Crippen LogP contribution >= 0.6 is 11.3 Å². The summed E-state index contributed by atoms with van der Waals surface area (Å²) in [5, 5.41) is 5.42. The fraction of sp³-hybridized carbons (Fsp3) is 0.524. The molecule has 4 rings (SSSR count). The molecular weight excluding hydrogens is 360 g/mol. The average molecular weight is 387 g/mol. The molecule has 2 aromatic rings. The molecule has 0 spiro atoms. The highest BCUT2D eigenvalue weighted by Gasteiger charge is 2.33. The van der Waals surface area contributed by atoms with Crippen LogP contribution in [0.4, 0.5) is 0 Å². The van der Waals surface area contributed by atoms with Gasteiger partial charge in [0.25, 0.3) is 5.91 Å². The summed E-state index contributed by atoms with van der Waals surface area (Å²) >= 11 is 1.72. The van der Waals surface area contributed by atoms with E-state index in [1.54, 1.807) is 22.3 Å². The van der Waals surface area contributed by atoms with E-state index in [0.29, 0.717) is 24.6 Å². The third-order valence-electron chi connectivity index (χ3n) is 5.87. The van der Waals surface area contributed by atoms with Crippen LogP contribution in [0.1, 0.15) is 59.8 Å². The second kappa shape index (κ2) is 8.30. The van der Waals surface area contributed by atoms with Gasteiger partial charge in [-0.25, -0.2) is 0 Å². The maximum absolute atomic E-state index is 13.1. The zero-order chi connectivity index (χ0) is 18.6. The van der Waals surface area contributed by atoms with E-state index in [1.165, 1.54) is 43.1 Å². The minimum absolute atomic E-state index is 0.0492. The number of rotatable bonds is 5. The maximum atomic E-state index is 13.1. The van der Waals surface area contributed by atoms with Crippen molar-refractivity contribution in [3.8, 4) is 0 Å². The van der Waals surface area contributed by atoms with Crippen molar-refractivity contribution in [3.63, 3.8) is 0 Å². The first-order valence-electron chi connectivity index (χ1n) is 9.87. The molecule has 2 aliphatic rings. The predicted octanol–water partition coefficient (Wildman–Crippen LogP) is 4.24. The van der Waals surface area contributed by atoms with Gasteiger partial charge in [0, 0.05) is 18.0 Å². The van der Waals surface area contributed by atoms with Crippen LogP contribution in [-0.2, 0) is 4.79 Å². The van der Waals surface area contributed by atoms with Gasteiger partial charge in [-0.2, -0.15) is 0 Å². The summed E-state index contributed by atoms with van der Waals surface area (Å²) in [7, 11) is 0. The maximum Gasteiger partial charge on any atom is 0.257 e. The minimum Gasteiger partial charge on any atom is -0.472 e. The van der Waals surface area contributed by atoms with Gasteiger partial charge in [0.15, 0.2) is 0 Å². The van der Waals surface area contributed by atoms with Gasteiger partial charge in [-0.1, -0.05) is 18.9 Å². The van der Waals surface area contributed by atoms with Gasteiger partial charge >= 0.3 is 0 Å². The Kier molecular flexibility index (Phi) is 5.62. The van der Waals surface area contributed by atoms with Gasteiger partial charge in [-0.05, 0) is 49.1 Å². The largest absolute Gasteiger partial charge is 0.472 e. The molecule has 3 heterocycles. The Morgan fingerprint density at radius 3 is 2.74 bits per heavy atom. The molecule has 2 amide bonds. The molecule has 0 aromatic carbocycles. The van der Waals surface area contributed by atoms with Crippen molar-refractivity contribution >= 4 is 23.2 Å². The number of hydrogen-bond acceptors (Lipinski definition) is 4. The van der Waals surface area contributed by atoms with Crippen LogP contribution in [0.25, 0.3) is 0 Å². The molecule has 0 unspecified atom stereocenters. The number of likely N-dealkylation sites (tertiary alicyclic amines) is 1. The van der Waals surface area contributed by atoms with Crippen LogP contribution in [0.3, 0.4) is 0 Å². The van der Waals surface area contributed by atoms with Crippen LogP contribution in [0.2, 0.25) is 0 Å². The molecule has 27 heavy (non-hydrogen) atoms. The number of nitrogens with zero attached hydrogens (tertiary/aromatic N) is 1. The summed E-state index contributed by atoms with van der Waals surface area (Å²) in [6.07, 6.45) is 9.53. The fourth-order valence-electron chi connectivity index (χ4n) is 4.40. The Hall–Kier alpha value is -2.08. The normalized spacial score (nSPS) is 21.9. The van der Waals surface area contributed by atoms with Gasteiger partial charge in [0.2, 0.25) is 5.91 Å². The van der Waals surface area contributed by atoms with Crippen molar-refractivity contribution < 1.29 is 14.0 Å². The molecule has 1 N–H and O–H groups in total. The summed E-state index contributed by atoms with van der Waals surface area (Å²) in [5.74, 6) is 0.426. The lowest BCUT2D eigenvalue weighted by molar-refractivity contribution is -0.127. The summed E-state index contributed by atoms with van der Waals surface area (Å²) in [6.45, 7) is 1.18. The van der Waals surface area contributed by atoms with Crippen LogP contribution in [0.5, 0.6) is 0 Å². The van der Waals surface area contributed by atoms with E-state index in [0.717, 1.165) is 12.8 Å². The smallest absolute Gasteiger partial charge is 0.257 e. The molecule has 2 aromatic heterocycles. The number of carbonyl (C=O) groups excluding carboxylic acids is 2. The molecule has 144 valence electrons. The number of hydrogen-bond donors (Lipinski definition) is 1. The van der Waals surface area contributed by atoms with Crippen molar-refractivity contribution in [3.05, 3.63) is 46.5 Å². The molecule has 0 bridgehead atoms. The summed E-state index contributed by atoms with van der Waals surface area (Å²) in [4.78, 5) is 28.7. The first-order valence-corrected chi connectivity index (χ1v) is 10.8. The Balaban J connectivity index is 1.42. The zero-order valence-electron chi connectivity index (χ0n) is 15.4. The minimum atomic E-state index is -0.140. The second-order valence-electron chi connectivity index (χ2n) is 7.65. The topological polar surface area (TPSA) is 62.6 Å². The zero-order valence-corrected chi connectivity index (χ0v) is 16.2. The molecule has 1 aliphatic heterocycles. The van der Waals surface area contributed by atoms with Crippen molar-refractivity contribution in [2.45, 2.75) is 44.6 Å². The van der Waals surface area contributed by atoms with Gasteiger partial charge in [-0.15, -0.1) is 11.3 Å². The summed E-state index contributed by atoms with van der Waals surface area (Å²) < 4.78 is 5.03. The van der Waals surface area contributed by atoms with Gasteiger partial charge in [0.1, 0.15) is 6.26 Å². The fourth-order valence-corrected chi connectivity index (χ4v) is 5.27. The van der Waals surface area contributed by atoms with E-state index < -0.39 is 0 Å². The highest BCUT2D eigenvalue weighted by molar-refractivity contribution is 7.10. The van der Waals surface area contributed by atoms with Crippen molar-refractivity contribution in [1.82, 2.24) is 10.2 Å². The first-order chi connectivity index (χ1) is 13.2. The van der Waals surface area contributed by atoms with Crippen LogP contribution in [-0.4, -0.2) is 29.8 Å². The van der Waals surface area contributed by atoms with Gasteiger partial charge in [-0.3, -0.25) is 9.59 Å². The van der Waals surface area contributed by atoms with E-state index >= 15 is 0 Å². The molecule has 2 atom stereocenters. The Morgan fingerprint density at radius 2 is 2.04 bits per heavy atom. The molecule has 1 aliphatic carbocycles. The highest BCUT2D eigenvalue weighted by atomic mass is 32.1. The summed E-state index contributed by atoms with van der Waals surface area (Å²) in [6, 6.07) is 5.97. The number of thiophene rings is 1. The van der Waals surface area contributed by atoms with E-state index in [2.05, 4.69) is 22.8 Å². The van der Waals surface area contributed by atoms with Crippen LogP contribution in [0, 0.1) is 11.8 Å². The molecular formula is C21H26N2O3S. The Morgan fingerprint density at radius 1 is 1.19 bits per heavy atom. The van der Waals surface area contributed by atoms with Gasteiger partial charge < -0.3 is 14.6 Å². The standard InChI is InChI=1S/C21H26N2O3S/c24-20(22-19(15-5-1-2-6-15)18-8-4-12-27-18)16-7-3-10-23(13-16)21(25)17-9-11-26-14-17/h4,8-9,11-12,14-16,19H,1-3,5-7,10,13H2,(H,22,24)/t16-,19+/m0/s1. The average Bonchev–Trinajstić information content (AvgIpc) is 3.48. The summed E-state index contributed by atoms with van der Waals surface area (Å²) in [5.41, 5.74) is 0.554. The molecule has 1 saturated carbocycles. The second-order valence-corrected chi connectivity index (χ2v) is 8.63. The molecule has 6 heteroatoms. The van der Waals surface area contributed by atoms with E-state index in [9.17, 15) is 9.59 Å². The lowest BCUT2D eigenvalue weighted by atomic mass is 9.93. The van der Waals surface area contributed by atoms with E-state index in [-0.39, 0.29) is 23.8 Å². The molecule has 2 fully saturated rings. The van der Waals surface area contributed by atoms with Crippen LogP contribution < -0.4 is 5.32 Å². The number of amides is 2. The Bertz CT molecular complexity index is 751. The monoisotopic (exact) mass is 386 g/mol. The van der Waals surface area contributed by atoms with Gasteiger partial charge in [0.05, 0.1) is 23.8 Å². The lowest BCUT2D eigenvalue weighted by Crippen LogP contribution is -2.46. The van der Waals surface area contributed by atoms with Crippen molar-refractivity contribution in [1.29, 1.82) is 0 Å². The van der Waals surface area contributed by atoms with E-state index in [1.807, 2.05) is 0 Å². The third-order valence-corrected chi connectivity index (χ3v) is 6.82. The molecule has 5 nitrogen and oxygen atoms in total. The predicted molar refractivity (Wildman–Crippen MR) is 104 cm³/mol. The molecule has 1 saturated heterocycles. The number of piperidine rings is 1. The number of carbonyl (C=O) groups is 2. The Labute approximate surface area is 163 Å². The lowest BCUT2D eigenvalue weighted by Gasteiger charge is -2.33. The third kappa shape index (κ3) is 4.10. The first kappa shape index (κ1) is 18.3. The van der Waals surface area contributed by atoms with E-state index in [4.69, 9.17) is 4.42 Å². The van der Waals surface area contributed by atoms with Crippen molar-refractivity contribution in [2.75, 3.05) is 13.1 Å². The van der Waals surface area contributed by atoms with Crippen LogP contribution in [0.15, 0.2) is 40.5 Å². The van der Waals surface area contributed by atoms with Crippen molar-refractivity contribution in [2.24, 2.45) is 11.8 Å². The SMILES string of the molecule is O=C(N[C@@H](c1cccs1)C1CCCC1)[C@H]1CCCN(C(=O)c2ccoc2)C1.